The molecule has 0 aliphatic carbocycles. The Bertz CT molecular complexity index is 257. The molecule has 0 aliphatic heterocycles. The van der Waals surface area contributed by atoms with Gasteiger partial charge in [-0.2, -0.15) is 0 Å². The zero-order valence-electron chi connectivity index (χ0n) is 12.1. The highest BCUT2D eigenvalue weighted by Gasteiger charge is 2.14. The summed E-state index contributed by atoms with van der Waals surface area (Å²) in [6, 6.07) is -0.813. The van der Waals surface area contributed by atoms with Gasteiger partial charge < -0.3 is 16.8 Å². The van der Waals surface area contributed by atoms with Crippen molar-refractivity contribution >= 4 is 11.8 Å². The van der Waals surface area contributed by atoms with Crippen molar-refractivity contribution in [2.45, 2.75) is 70.8 Å². The normalized spacial score (nSPS) is 12.1. The van der Waals surface area contributed by atoms with Gasteiger partial charge in [0.2, 0.25) is 11.8 Å². The minimum atomic E-state index is -0.813. The van der Waals surface area contributed by atoms with Crippen LogP contribution >= 0.6 is 0 Å². The standard InChI is InChI=1S/C14H29N3O2/c1-2-3-4-5-6-7-8-9-10-17-14(19)12(15)11-13(16)18/h12H,2-11,15H2,1H3,(H2,16,18)(H,17,19). The first-order valence-electron chi connectivity index (χ1n) is 7.39. The van der Waals surface area contributed by atoms with Gasteiger partial charge >= 0.3 is 0 Å². The fourth-order valence-electron chi connectivity index (χ4n) is 1.91. The van der Waals surface area contributed by atoms with Crippen molar-refractivity contribution in [3.05, 3.63) is 0 Å². The molecule has 0 aliphatic rings. The summed E-state index contributed by atoms with van der Waals surface area (Å²) in [7, 11) is 0. The van der Waals surface area contributed by atoms with Crippen LogP contribution in [0.5, 0.6) is 0 Å². The number of carbonyl (C=O) groups excluding carboxylic acids is 2. The molecule has 0 bridgehead atoms. The summed E-state index contributed by atoms with van der Waals surface area (Å²) in [5.41, 5.74) is 10.5. The largest absolute Gasteiger partial charge is 0.370 e. The van der Waals surface area contributed by atoms with E-state index in [1.54, 1.807) is 0 Å². The molecule has 19 heavy (non-hydrogen) atoms. The lowest BCUT2D eigenvalue weighted by Gasteiger charge is -2.10. The van der Waals surface area contributed by atoms with Gasteiger partial charge in [0.15, 0.2) is 0 Å². The number of amides is 2. The Hall–Kier alpha value is -1.10. The molecule has 5 heteroatoms. The lowest BCUT2D eigenvalue weighted by atomic mass is 10.1. The molecule has 0 aromatic carbocycles. The molecular weight excluding hydrogens is 242 g/mol. The molecule has 0 rings (SSSR count). The monoisotopic (exact) mass is 271 g/mol. The van der Waals surface area contributed by atoms with E-state index in [1.807, 2.05) is 0 Å². The van der Waals surface area contributed by atoms with Crippen LogP contribution in [0.15, 0.2) is 0 Å². The van der Waals surface area contributed by atoms with Crippen molar-refractivity contribution in [3.63, 3.8) is 0 Å². The van der Waals surface area contributed by atoms with Crippen LogP contribution in [0.4, 0.5) is 0 Å². The number of hydrogen-bond acceptors (Lipinski definition) is 3. The fourth-order valence-corrected chi connectivity index (χ4v) is 1.91. The molecule has 0 heterocycles. The van der Waals surface area contributed by atoms with Crippen LogP contribution in [0.3, 0.4) is 0 Å². The van der Waals surface area contributed by atoms with Crippen LogP contribution in [-0.4, -0.2) is 24.4 Å². The van der Waals surface area contributed by atoms with Crippen molar-refractivity contribution < 1.29 is 9.59 Å². The van der Waals surface area contributed by atoms with Crippen LogP contribution in [0.25, 0.3) is 0 Å². The summed E-state index contributed by atoms with van der Waals surface area (Å²) in [6.45, 7) is 2.84. The van der Waals surface area contributed by atoms with Crippen LogP contribution in [-0.2, 0) is 9.59 Å². The minimum Gasteiger partial charge on any atom is -0.370 e. The van der Waals surface area contributed by atoms with Crippen molar-refractivity contribution in [2.75, 3.05) is 6.54 Å². The van der Waals surface area contributed by atoms with E-state index < -0.39 is 11.9 Å². The number of primary amides is 1. The summed E-state index contributed by atoms with van der Waals surface area (Å²) < 4.78 is 0. The maximum atomic E-state index is 11.4. The lowest BCUT2D eigenvalue weighted by molar-refractivity contribution is -0.126. The first-order chi connectivity index (χ1) is 9.07. The topological polar surface area (TPSA) is 98.2 Å². The molecule has 0 aromatic rings. The van der Waals surface area contributed by atoms with E-state index in [2.05, 4.69) is 12.2 Å². The second-order valence-corrected chi connectivity index (χ2v) is 5.04. The Balaban J connectivity index is 3.34. The number of carbonyl (C=O) groups is 2. The van der Waals surface area contributed by atoms with Gasteiger partial charge in [-0.1, -0.05) is 51.9 Å². The van der Waals surface area contributed by atoms with E-state index in [-0.39, 0.29) is 12.3 Å². The molecule has 0 saturated heterocycles. The van der Waals surface area contributed by atoms with Gasteiger partial charge in [-0.15, -0.1) is 0 Å². The van der Waals surface area contributed by atoms with E-state index in [1.165, 1.54) is 38.5 Å². The Morgan fingerprint density at radius 2 is 1.53 bits per heavy atom. The maximum absolute atomic E-state index is 11.4. The number of hydrogen-bond donors (Lipinski definition) is 3. The average Bonchev–Trinajstić information content (AvgIpc) is 2.35. The molecule has 5 N–H and O–H groups in total. The number of rotatable bonds is 12. The van der Waals surface area contributed by atoms with Gasteiger partial charge in [0, 0.05) is 6.54 Å². The van der Waals surface area contributed by atoms with E-state index in [0.29, 0.717) is 6.54 Å². The Morgan fingerprint density at radius 3 is 2.05 bits per heavy atom. The van der Waals surface area contributed by atoms with Crippen molar-refractivity contribution in [1.82, 2.24) is 5.32 Å². The molecule has 112 valence electrons. The number of nitrogens with two attached hydrogens (primary N) is 2. The van der Waals surface area contributed by atoms with Crippen LogP contribution < -0.4 is 16.8 Å². The molecule has 0 radical (unpaired) electrons. The fraction of sp³-hybridized carbons (Fsp3) is 0.857. The van der Waals surface area contributed by atoms with Crippen molar-refractivity contribution in [3.8, 4) is 0 Å². The maximum Gasteiger partial charge on any atom is 0.237 e. The average molecular weight is 271 g/mol. The predicted octanol–water partition coefficient (Wildman–Crippen LogP) is 1.45. The molecule has 0 saturated carbocycles. The minimum absolute atomic E-state index is 0.0940. The zero-order valence-corrected chi connectivity index (χ0v) is 12.1. The van der Waals surface area contributed by atoms with Gasteiger partial charge in [-0.05, 0) is 6.42 Å². The van der Waals surface area contributed by atoms with E-state index in [0.717, 1.165) is 12.8 Å². The molecule has 0 fully saturated rings. The summed E-state index contributed by atoms with van der Waals surface area (Å²) in [5.74, 6) is -0.837. The van der Waals surface area contributed by atoms with E-state index >= 15 is 0 Å². The third-order valence-electron chi connectivity index (χ3n) is 3.09. The smallest absolute Gasteiger partial charge is 0.237 e. The summed E-state index contributed by atoms with van der Waals surface area (Å²) in [5, 5.41) is 2.73. The molecule has 1 unspecified atom stereocenters. The second-order valence-electron chi connectivity index (χ2n) is 5.04. The third-order valence-corrected chi connectivity index (χ3v) is 3.09. The van der Waals surface area contributed by atoms with Crippen LogP contribution in [0.1, 0.15) is 64.7 Å². The SMILES string of the molecule is CCCCCCCCCCNC(=O)C(N)CC(N)=O. The van der Waals surface area contributed by atoms with E-state index in [4.69, 9.17) is 11.5 Å². The third kappa shape index (κ3) is 11.7. The Labute approximate surface area is 116 Å². The van der Waals surface area contributed by atoms with Crippen LogP contribution in [0.2, 0.25) is 0 Å². The summed E-state index contributed by atoms with van der Waals surface area (Å²) >= 11 is 0. The van der Waals surface area contributed by atoms with E-state index in [9.17, 15) is 9.59 Å². The Kier molecular flexibility index (Phi) is 11.3. The predicted molar refractivity (Wildman–Crippen MR) is 77.4 cm³/mol. The Morgan fingerprint density at radius 1 is 1.00 bits per heavy atom. The molecule has 0 aromatic heterocycles. The van der Waals surface area contributed by atoms with Gasteiger partial charge in [0.1, 0.15) is 0 Å². The molecule has 5 nitrogen and oxygen atoms in total. The van der Waals surface area contributed by atoms with Gasteiger partial charge in [0.25, 0.3) is 0 Å². The first-order valence-corrected chi connectivity index (χ1v) is 7.39. The number of nitrogens with one attached hydrogen (secondary N) is 1. The highest BCUT2D eigenvalue weighted by Crippen LogP contribution is 2.07. The highest BCUT2D eigenvalue weighted by atomic mass is 16.2. The molecular formula is C14H29N3O2. The van der Waals surface area contributed by atoms with Gasteiger partial charge in [-0.3, -0.25) is 9.59 Å². The quantitative estimate of drug-likeness (QED) is 0.468. The van der Waals surface area contributed by atoms with Crippen molar-refractivity contribution in [1.29, 1.82) is 0 Å². The molecule has 0 spiro atoms. The van der Waals surface area contributed by atoms with Crippen LogP contribution in [0, 0.1) is 0 Å². The first kappa shape index (κ1) is 17.9. The lowest BCUT2D eigenvalue weighted by Crippen LogP contribution is -2.43. The molecule has 1 atom stereocenters. The zero-order chi connectivity index (χ0) is 14.5. The summed E-state index contributed by atoms with van der Waals surface area (Å²) in [6.07, 6.45) is 9.72. The van der Waals surface area contributed by atoms with Crippen molar-refractivity contribution in [2.24, 2.45) is 11.5 Å². The van der Waals surface area contributed by atoms with Gasteiger partial charge in [-0.25, -0.2) is 0 Å². The number of unbranched alkanes of at least 4 members (excludes halogenated alkanes) is 7. The highest BCUT2D eigenvalue weighted by molar-refractivity contribution is 5.87. The summed E-state index contributed by atoms with van der Waals surface area (Å²) in [4.78, 5) is 22.0. The molecule has 2 amide bonds. The second kappa shape index (κ2) is 12.0. The van der Waals surface area contributed by atoms with Gasteiger partial charge in [0.05, 0.1) is 12.5 Å².